The number of carbonyl (C=O) groups is 6. The Bertz CT molecular complexity index is 992. The van der Waals surface area contributed by atoms with Gasteiger partial charge in [-0.15, -0.1) is 13.2 Å². The highest BCUT2D eigenvalue weighted by Gasteiger charge is 2.38. The SMILES string of the molecule is C=CC[C@@](C)(NC(=O)OC(C)(C)C)C(=O)N[C@@H](C)C(=O)N[C@@H](C)C(=O)N[C@](C)(CC=C)C(=O)N[C@H](C)C(=O)OC. The quantitative estimate of drug-likeness (QED) is 0.152. The molecule has 13 nitrogen and oxygen atoms in total. The fourth-order valence-electron chi connectivity index (χ4n) is 3.30. The minimum atomic E-state index is -1.49. The molecule has 40 heavy (non-hydrogen) atoms. The molecule has 0 heterocycles. The first-order valence-electron chi connectivity index (χ1n) is 12.8. The summed E-state index contributed by atoms with van der Waals surface area (Å²) in [5.74, 6) is -3.38. The highest BCUT2D eigenvalue weighted by Crippen LogP contribution is 2.15. The van der Waals surface area contributed by atoms with E-state index < -0.39 is 70.5 Å². The molecule has 5 N–H and O–H groups in total. The van der Waals surface area contributed by atoms with Crippen molar-refractivity contribution in [1.82, 2.24) is 26.6 Å². The van der Waals surface area contributed by atoms with Gasteiger partial charge < -0.3 is 36.1 Å². The van der Waals surface area contributed by atoms with Crippen LogP contribution in [0.25, 0.3) is 0 Å². The second-order valence-corrected chi connectivity index (χ2v) is 10.9. The molecule has 226 valence electrons. The van der Waals surface area contributed by atoms with Crippen LogP contribution in [0, 0.1) is 0 Å². The summed E-state index contributed by atoms with van der Waals surface area (Å²) in [6.07, 6.45) is 2.12. The van der Waals surface area contributed by atoms with Crippen molar-refractivity contribution >= 4 is 35.7 Å². The number of esters is 1. The molecule has 0 saturated heterocycles. The first kappa shape index (κ1) is 36.1. The molecular formula is C27H45N5O8. The second-order valence-electron chi connectivity index (χ2n) is 10.9. The third kappa shape index (κ3) is 11.5. The third-order valence-corrected chi connectivity index (χ3v) is 5.68. The molecule has 0 aliphatic heterocycles. The lowest BCUT2D eigenvalue weighted by Crippen LogP contribution is -2.63. The minimum Gasteiger partial charge on any atom is -0.467 e. The van der Waals surface area contributed by atoms with Gasteiger partial charge in [0.05, 0.1) is 7.11 Å². The monoisotopic (exact) mass is 567 g/mol. The molecule has 0 spiro atoms. The van der Waals surface area contributed by atoms with E-state index in [0.717, 1.165) is 0 Å². The number of hydrogen-bond acceptors (Lipinski definition) is 8. The Morgan fingerprint density at radius 2 is 1.12 bits per heavy atom. The Balaban J connectivity index is 5.38. The second kappa shape index (κ2) is 15.0. The Labute approximate surface area is 236 Å². The maximum atomic E-state index is 13.0. The Kier molecular flexibility index (Phi) is 13.6. The van der Waals surface area contributed by atoms with Crippen molar-refractivity contribution in [2.75, 3.05) is 7.11 Å². The van der Waals surface area contributed by atoms with E-state index in [1.165, 1.54) is 53.9 Å². The molecule has 0 aromatic rings. The van der Waals surface area contributed by atoms with Crippen LogP contribution in [0.2, 0.25) is 0 Å². The van der Waals surface area contributed by atoms with Crippen LogP contribution in [0.15, 0.2) is 25.3 Å². The molecule has 0 aromatic heterocycles. The zero-order valence-corrected chi connectivity index (χ0v) is 25.0. The lowest BCUT2D eigenvalue weighted by molar-refractivity contribution is -0.145. The van der Waals surface area contributed by atoms with Crippen molar-refractivity contribution in [1.29, 1.82) is 0 Å². The highest BCUT2D eigenvalue weighted by molar-refractivity contribution is 5.97. The van der Waals surface area contributed by atoms with Gasteiger partial charge in [-0.2, -0.15) is 0 Å². The van der Waals surface area contributed by atoms with Crippen LogP contribution in [0.3, 0.4) is 0 Å². The largest absolute Gasteiger partial charge is 0.467 e. The molecule has 13 heteroatoms. The smallest absolute Gasteiger partial charge is 0.408 e. The predicted molar refractivity (Wildman–Crippen MR) is 149 cm³/mol. The normalized spacial score (nSPS) is 16.2. The average Bonchev–Trinajstić information content (AvgIpc) is 2.81. The summed E-state index contributed by atoms with van der Waals surface area (Å²) < 4.78 is 9.83. The van der Waals surface area contributed by atoms with Crippen LogP contribution < -0.4 is 26.6 Å². The first-order chi connectivity index (χ1) is 18.2. The Morgan fingerprint density at radius 1 is 0.700 bits per heavy atom. The van der Waals surface area contributed by atoms with E-state index in [0.29, 0.717) is 0 Å². The van der Waals surface area contributed by atoms with Crippen molar-refractivity contribution in [3.05, 3.63) is 25.3 Å². The Morgan fingerprint density at radius 3 is 1.55 bits per heavy atom. The molecular weight excluding hydrogens is 522 g/mol. The number of nitrogens with one attached hydrogen (secondary N) is 5. The Hall–Kier alpha value is -3.90. The summed E-state index contributed by atoms with van der Waals surface area (Å²) >= 11 is 0. The van der Waals surface area contributed by atoms with Crippen molar-refractivity contribution in [2.24, 2.45) is 0 Å². The van der Waals surface area contributed by atoms with Crippen molar-refractivity contribution in [3.63, 3.8) is 0 Å². The zero-order chi connectivity index (χ0) is 31.5. The van der Waals surface area contributed by atoms with Crippen LogP contribution in [-0.2, 0) is 33.4 Å². The molecule has 0 aliphatic rings. The summed E-state index contributed by atoms with van der Waals surface area (Å²) in [6.45, 7) is 19.4. The van der Waals surface area contributed by atoms with Gasteiger partial charge in [-0.3, -0.25) is 19.2 Å². The van der Waals surface area contributed by atoms with Crippen molar-refractivity contribution < 1.29 is 38.2 Å². The molecule has 0 aromatic carbocycles. The fourth-order valence-corrected chi connectivity index (χ4v) is 3.30. The number of carbonyl (C=O) groups excluding carboxylic acids is 6. The van der Waals surface area contributed by atoms with Crippen molar-refractivity contribution in [2.45, 2.75) is 103 Å². The van der Waals surface area contributed by atoms with Crippen LogP contribution in [0.5, 0.6) is 0 Å². The summed E-state index contributed by atoms with van der Waals surface area (Å²) in [6, 6.07) is -3.17. The summed E-state index contributed by atoms with van der Waals surface area (Å²) in [7, 11) is 1.18. The number of amides is 5. The number of rotatable bonds is 14. The molecule has 0 saturated carbocycles. The van der Waals surface area contributed by atoms with Crippen LogP contribution in [-0.4, -0.2) is 77.6 Å². The van der Waals surface area contributed by atoms with E-state index in [-0.39, 0.29) is 12.8 Å². The fraction of sp³-hybridized carbons (Fsp3) is 0.630. The first-order valence-corrected chi connectivity index (χ1v) is 12.8. The lowest BCUT2D eigenvalue weighted by Gasteiger charge is -2.32. The van der Waals surface area contributed by atoms with Gasteiger partial charge >= 0.3 is 12.1 Å². The van der Waals surface area contributed by atoms with Gasteiger partial charge in [0.15, 0.2) is 0 Å². The molecule has 5 atom stereocenters. The molecule has 5 amide bonds. The van der Waals surface area contributed by atoms with E-state index in [9.17, 15) is 28.8 Å². The van der Waals surface area contributed by atoms with E-state index >= 15 is 0 Å². The minimum absolute atomic E-state index is 0.0259. The molecule has 0 fully saturated rings. The molecule has 0 rings (SSSR count). The highest BCUT2D eigenvalue weighted by atomic mass is 16.6. The van der Waals surface area contributed by atoms with Gasteiger partial charge in [0.25, 0.3) is 0 Å². The van der Waals surface area contributed by atoms with Gasteiger partial charge in [0, 0.05) is 0 Å². The van der Waals surface area contributed by atoms with E-state index in [1.807, 2.05) is 0 Å². The topological polar surface area (TPSA) is 181 Å². The summed E-state index contributed by atoms with van der Waals surface area (Å²) in [4.78, 5) is 75.5. The molecule has 0 bridgehead atoms. The maximum absolute atomic E-state index is 13.0. The molecule has 0 aliphatic carbocycles. The number of hydrogen-bond donors (Lipinski definition) is 5. The van der Waals surface area contributed by atoms with Gasteiger partial charge in [0.2, 0.25) is 23.6 Å². The van der Waals surface area contributed by atoms with E-state index in [4.69, 9.17) is 4.74 Å². The van der Waals surface area contributed by atoms with Crippen molar-refractivity contribution in [3.8, 4) is 0 Å². The summed E-state index contributed by atoms with van der Waals surface area (Å²) in [5.41, 5.74) is -3.75. The maximum Gasteiger partial charge on any atom is 0.408 e. The zero-order valence-electron chi connectivity index (χ0n) is 25.0. The average molecular weight is 568 g/mol. The van der Waals surface area contributed by atoms with E-state index in [2.05, 4.69) is 44.5 Å². The summed E-state index contributed by atoms with van der Waals surface area (Å²) in [5, 5.41) is 12.6. The van der Waals surface area contributed by atoms with Gasteiger partial charge in [-0.05, 0) is 68.2 Å². The van der Waals surface area contributed by atoms with Gasteiger partial charge in [-0.25, -0.2) is 9.59 Å². The van der Waals surface area contributed by atoms with Crippen LogP contribution in [0.4, 0.5) is 4.79 Å². The molecule has 0 unspecified atom stereocenters. The predicted octanol–water partition coefficient (Wildman–Crippen LogP) is 0.984. The van der Waals surface area contributed by atoms with Gasteiger partial charge in [-0.1, -0.05) is 12.2 Å². The van der Waals surface area contributed by atoms with E-state index in [1.54, 1.807) is 20.8 Å². The number of alkyl carbamates (subject to hydrolysis) is 1. The van der Waals surface area contributed by atoms with Crippen LogP contribution in [0.1, 0.15) is 68.2 Å². The third-order valence-electron chi connectivity index (χ3n) is 5.68. The van der Waals surface area contributed by atoms with Crippen LogP contribution >= 0.6 is 0 Å². The number of ether oxygens (including phenoxy) is 2. The molecule has 0 radical (unpaired) electrons. The standard InChI is InChI=1S/C27H45N5O8/c1-12-14-26(9,22(36)30-18(5)21(35)39-11)31-20(34)17(4)28-19(33)16(3)29-23(37)27(10,15-13-2)32-24(38)40-25(6,7)8/h12-13,16-18H,1-2,14-15H2,3-11H3,(H,28,33)(H,29,37)(H,30,36)(H,31,34)(H,32,38)/t16-,17-,18+,26+,27+/m0/s1. The number of methoxy groups -OCH3 is 1. The van der Waals surface area contributed by atoms with Gasteiger partial charge in [0.1, 0.15) is 34.8 Å². The lowest BCUT2D eigenvalue weighted by atomic mass is 9.95.